The van der Waals surface area contributed by atoms with Crippen molar-refractivity contribution in [1.29, 1.82) is 0 Å². The Bertz CT molecular complexity index is 765. The van der Waals surface area contributed by atoms with Gasteiger partial charge in [-0.2, -0.15) is 0 Å². The molecule has 0 amide bonds. The molecular formula is C16H22N4O3. The van der Waals surface area contributed by atoms with Gasteiger partial charge in [-0.25, -0.2) is 4.79 Å². The topological polar surface area (TPSA) is 88.3 Å². The normalized spacial score (nSPS) is 10.6. The first-order valence-electron chi connectivity index (χ1n) is 7.50. The van der Waals surface area contributed by atoms with Crippen molar-refractivity contribution < 1.29 is 5.11 Å². The molecule has 7 heteroatoms. The summed E-state index contributed by atoms with van der Waals surface area (Å²) in [6.45, 7) is 0.588. The molecule has 0 radical (unpaired) electrons. The molecule has 0 unspecified atom stereocenters. The zero-order chi connectivity index (χ0) is 16.8. The molecule has 0 aliphatic rings. The number of hydrogen-bond donors (Lipinski definition) is 3. The summed E-state index contributed by atoms with van der Waals surface area (Å²) in [5.41, 5.74) is 0.584. The molecule has 2 rings (SSSR count). The van der Waals surface area contributed by atoms with Crippen molar-refractivity contribution in [3.8, 4) is 0 Å². The number of nitrogens with one attached hydrogen (secondary N) is 2. The molecule has 0 atom stereocenters. The summed E-state index contributed by atoms with van der Waals surface area (Å²) in [6.07, 6.45) is 0.353. The quantitative estimate of drug-likeness (QED) is 0.695. The first-order chi connectivity index (χ1) is 11.1. The van der Waals surface area contributed by atoms with Crippen LogP contribution in [-0.2, 0) is 20.1 Å². The molecule has 0 spiro atoms. The lowest BCUT2D eigenvalue weighted by Gasteiger charge is -2.17. The van der Waals surface area contributed by atoms with Crippen LogP contribution in [0, 0.1) is 0 Å². The Hall–Kier alpha value is -2.54. The van der Waals surface area contributed by atoms with Gasteiger partial charge in [0.05, 0.1) is 0 Å². The van der Waals surface area contributed by atoms with Crippen LogP contribution < -0.4 is 21.9 Å². The van der Waals surface area contributed by atoms with Crippen LogP contribution in [0.25, 0.3) is 0 Å². The average Bonchev–Trinajstić information content (AvgIpc) is 2.58. The average molecular weight is 318 g/mol. The van der Waals surface area contributed by atoms with Crippen LogP contribution in [0.1, 0.15) is 12.0 Å². The molecule has 23 heavy (non-hydrogen) atoms. The van der Waals surface area contributed by atoms with Crippen LogP contribution in [0.15, 0.2) is 39.9 Å². The highest BCUT2D eigenvalue weighted by Crippen LogP contribution is 2.15. The van der Waals surface area contributed by atoms with Gasteiger partial charge in [-0.05, 0) is 12.0 Å². The van der Waals surface area contributed by atoms with E-state index in [4.69, 9.17) is 5.11 Å². The van der Waals surface area contributed by atoms with Crippen molar-refractivity contribution in [3.05, 3.63) is 56.7 Å². The second kappa shape index (κ2) is 7.64. The first-order valence-corrected chi connectivity index (χ1v) is 7.50. The highest BCUT2D eigenvalue weighted by atomic mass is 16.3. The van der Waals surface area contributed by atoms with Crippen molar-refractivity contribution in [1.82, 2.24) is 9.13 Å². The van der Waals surface area contributed by atoms with Gasteiger partial charge in [-0.3, -0.25) is 13.9 Å². The smallest absolute Gasteiger partial charge is 0.332 e. The van der Waals surface area contributed by atoms with Crippen molar-refractivity contribution in [2.45, 2.75) is 19.5 Å². The van der Waals surface area contributed by atoms with Crippen LogP contribution in [0.3, 0.4) is 0 Å². The molecule has 1 aromatic heterocycles. The minimum atomic E-state index is -0.405. The number of anilines is 2. The molecule has 0 aliphatic heterocycles. The highest BCUT2D eigenvalue weighted by molar-refractivity contribution is 5.63. The predicted octanol–water partition coefficient (Wildman–Crippen LogP) is 0.583. The number of aromatic nitrogens is 2. The van der Waals surface area contributed by atoms with Crippen molar-refractivity contribution in [2.24, 2.45) is 7.05 Å². The molecule has 0 fully saturated rings. The molecule has 0 saturated carbocycles. The Morgan fingerprint density at radius 3 is 2.48 bits per heavy atom. The zero-order valence-corrected chi connectivity index (χ0v) is 13.4. The van der Waals surface area contributed by atoms with Gasteiger partial charge in [0.25, 0.3) is 5.56 Å². The van der Waals surface area contributed by atoms with Gasteiger partial charge in [0.15, 0.2) is 0 Å². The summed E-state index contributed by atoms with van der Waals surface area (Å²) < 4.78 is 2.54. The fourth-order valence-electron chi connectivity index (χ4n) is 2.43. The number of nitrogens with zero attached hydrogens (tertiary/aromatic N) is 2. The SMILES string of the molecule is CNc1c(NCc2ccccc2)c(=O)n(CCCO)c(=O)n1C. The van der Waals surface area contributed by atoms with Gasteiger partial charge < -0.3 is 15.7 Å². The van der Waals surface area contributed by atoms with E-state index in [2.05, 4.69) is 10.6 Å². The third-order valence-corrected chi connectivity index (χ3v) is 3.64. The van der Waals surface area contributed by atoms with E-state index in [0.717, 1.165) is 10.1 Å². The molecule has 1 heterocycles. The number of rotatable bonds is 7. The Morgan fingerprint density at radius 1 is 1.17 bits per heavy atom. The number of aliphatic hydroxyl groups is 1. The van der Waals surface area contributed by atoms with Gasteiger partial charge in [-0.1, -0.05) is 30.3 Å². The third kappa shape index (κ3) is 3.62. The number of aliphatic hydroxyl groups excluding tert-OH is 1. The van der Waals surface area contributed by atoms with E-state index in [1.807, 2.05) is 30.3 Å². The molecule has 7 nitrogen and oxygen atoms in total. The second-order valence-electron chi connectivity index (χ2n) is 5.19. The van der Waals surface area contributed by atoms with Gasteiger partial charge >= 0.3 is 5.69 Å². The maximum Gasteiger partial charge on any atom is 0.332 e. The van der Waals surface area contributed by atoms with Gasteiger partial charge in [0.2, 0.25) is 0 Å². The van der Waals surface area contributed by atoms with E-state index in [1.54, 1.807) is 14.1 Å². The summed E-state index contributed by atoms with van der Waals surface area (Å²) in [4.78, 5) is 24.9. The molecule has 0 saturated heterocycles. The molecular weight excluding hydrogens is 296 g/mol. The lowest BCUT2D eigenvalue weighted by Crippen LogP contribution is -2.41. The molecule has 3 N–H and O–H groups in total. The lowest BCUT2D eigenvalue weighted by molar-refractivity contribution is 0.277. The minimum Gasteiger partial charge on any atom is -0.396 e. The largest absolute Gasteiger partial charge is 0.396 e. The Kier molecular flexibility index (Phi) is 5.59. The lowest BCUT2D eigenvalue weighted by atomic mass is 10.2. The van der Waals surface area contributed by atoms with Crippen LogP contribution in [0.2, 0.25) is 0 Å². The second-order valence-corrected chi connectivity index (χ2v) is 5.19. The van der Waals surface area contributed by atoms with E-state index >= 15 is 0 Å². The van der Waals surface area contributed by atoms with Crippen LogP contribution >= 0.6 is 0 Å². The fourth-order valence-corrected chi connectivity index (χ4v) is 2.43. The van der Waals surface area contributed by atoms with Crippen molar-refractivity contribution in [3.63, 3.8) is 0 Å². The van der Waals surface area contributed by atoms with Crippen LogP contribution in [0.4, 0.5) is 11.5 Å². The first kappa shape index (κ1) is 16.8. The highest BCUT2D eigenvalue weighted by Gasteiger charge is 2.16. The summed E-state index contributed by atoms with van der Waals surface area (Å²) in [6, 6.07) is 9.69. The molecule has 1 aromatic carbocycles. The van der Waals surface area contributed by atoms with E-state index in [-0.39, 0.29) is 18.7 Å². The number of hydrogen-bond acceptors (Lipinski definition) is 5. The molecule has 0 aliphatic carbocycles. The van der Waals surface area contributed by atoms with Crippen molar-refractivity contribution in [2.75, 3.05) is 24.3 Å². The third-order valence-electron chi connectivity index (χ3n) is 3.64. The molecule has 0 bridgehead atoms. The van der Waals surface area contributed by atoms with Crippen LogP contribution in [-0.4, -0.2) is 27.9 Å². The van der Waals surface area contributed by atoms with E-state index in [1.165, 1.54) is 4.57 Å². The Balaban J connectivity index is 2.42. The Labute approximate surface area is 134 Å². The van der Waals surface area contributed by atoms with Crippen molar-refractivity contribution >= 4 is 11.5 Å². The van der Waals surface area contributed by atoms with E-state index in [9.17, 15) is 9.59 Å². The van der Waals surface area contributed by atoms with Gasteiger partial charge in [-0.15, -0.1) is 0 Å². The summed E-state index contributed by atoms with van der Waals surface area (Å²) in [5.74, 6) is 0.441. The summed E-state index contributed by atoms with van der Waals surface area (Å²) in [7, 11) is 3.27. The van der Waals surface area contributed by atoms with Gasteiger partial charge in [0, 0.05) is 33.8 Å². The monoisotopic (exact) mass is 318 g/mol. The Morgan fingerprint density at radius 2 is 1.87 bits per heavy atom. The number of benzene rings is 1. The molecule has 124 valence electrons. The van der Waals surface area contributed by atoms with Crippen LogP contribution in [0.5, 0.6) is 0 Å². The van der Waals surface area contributed by atoms with Gasteiger partial charge in [0.1, 0.15) is 11.5 Å². The summed E-state index contributed by atoms with van der Waals surface area (Å²) in [5, 5.41) is 15.0. The minimum absolute atomic E-state index is 0.0733. The predicted molar refractivity (Wildman–Crippen MR) is 91.0 cm³/mol. The standard InChI is InChI=1S/C16H22N4O3/c1-17-14-13(18-11-12-7-4-3-5-8-12)15(22)20(9-6-10-21)16(23)19(14)2/h3-5,7-8,17-18,21H,6,9-11H2,1-2H3. The maximum atomic E-state index is 12.6. The molecule has 2 aromatic rings. The maximum absolute atomic E-state index is 12.6. The summed E-state index contributed by atoms with van der Waals surface area (Å²) >= 11 is 0. The zero-order valence-electron chi connectivity index (χ0n) is 13.4. The fraction of sp³-hybridized carbons (Fsp3) is 0.375. The van der Waals surface area contributed by atoms with E-state index < -0.39 is 5.69 Å². The van der Waals surface area contributed by atoms with E-state index in [0.29, 0.717) is 24.5 Å².